The van der Waals surface area contributed by atoms with Crippen LogP contribution in [0.5, 0.6) is 0 Å². The number of aryl methyl sites for hydroxylation is 1. The predicted octanol–water partition coefficient (Wildman–Crippen LogP) is 0.540. The van der Waals surface area contributed by atoms with Gasteiger partial charge in [-0.3, -0.25) is 9.59 Å². The molecule has 0 aliphatic rings. The predicted molar refractivity (Wildman–Crippen MR) is 90.2 cm³/mol. The van der Waals surface area contributed by atoms with Crippen molar-refractivity contribution in [2.75, 3.05) is 5.32 Å². The number of aromatic nitrogens is 4. The quantitative estimate of drug-likeness (QED) is 0.640. The van der Waals surface area contributed by atoms with Gasteiger partial charge < -0.3 is 15.3 Å². The third-order valence-corrected chi connectivity index (χ3v) is 3.84. The molecule has 9 heteroatoms. The van der Waals surface area contributed by atoms with E-state index in [9.17, 15) is 14.4 Å². The molecule has 0 saturated heterocycles. The largest absolute Gasteiger partial charge is 0.324 e. The number of imidazole rings is 1. The zero-order chi connectivity index (χ0) is 18.1. The Morgan fingerprint density at radius 3 is 2.72 bits per heavy atom. The van der Waals surface area contributed by atoms with Crippen molar-refractivity contribution in [2.45, 2.75) is 20.4 Å². The lowest BCUT2D eigenvalue weighted by molar-refractivity contribution is -0.117. The van der Waals surface area contributed by atoms with E-state index in [0.717, 1.165) is 4.68 Å². The van der Waals surface area contributed by atoms with Crippen LogP contribution in [0.1, 0.15) is 16.8 Å². The topological polar surface area (TPSA) is 136 Å². The SMILES string of the molecule is Cc1nn(CC(=O)Nc2ccc3[nH]c(=O)[nH]c3c2)c(=O)c(C#N)c1C. The molecular formula is C16H14N6O3. The molecule has 1 amide bonds. The van der Waals surface area contributed by atoms with Crippen LogP contribution < -0.4 is 16.6 Å². The second kappa shape index (κ2) is 6.09. The highest BCUT2D eigenvalue weighted by Crippen LogP contribution is 2.14. The third kappa shape index (κ3) is 3.05. The maximum absolute atomic E-state index is 12.2. The number of carbonyl (C=O) groups is 1. The Kier molecular flexibility index (Phi) is 3.94. The summed E-state index contributed by atoms with van der Waals surface area (Å²) < 4.78 is 0.965. The van der Waals surface area contributed by atoms with Crippen LogP contribution in [-0.4, -0.2) is 25.7 Å². The molecule has 0 unspecified atom stereocenters. The van der Waals surface area contributed by atoms with Crippen molar-refractivity contribution < 1.29 is 4.79 Å². The van der Waals surface area contributed by atoms with Crippen molar-refractivity contribution in [3.8, 4) is 6.07 Å². The number of amides is 1. The van der Waals surface area contributed by atoms with Gasteiger partial charge in [0, 0.05) is 5.69 Å². The molecule has 3 rings (SSSR count). The van der Waals surface area contributed by atoms with Gasteiger partial charge in [-0.1, -0.05) is 0 Å². The van der Waals surface area contributed by atoms with Gasteiger partial charge in [0.15, 0.2) is 0 Å². The van der Waals surface area contributed by atoms with Gasteiger partial charge >= 0.3 is 5.69 Å². The zero-order valence-electron chi connectivity index (χ0n) is 13.5. The molecule has 0 aliphatic heterocycles. The average molecular weight is 338 g/mol. The smallest absolute Gasteiger partial charge is 0.323 e. The second-order valence-electron chi connectivity index (χ2n) is 5.55. The van der Waals surface area contributed by atoms with Crippen LogP contribution in [0.2, 0.25) is 0 Å². The summed E-state index contributed by atoms with van der Waals surface area (Å²) >= 11 is 0. The van der Waals surface area contributed by atoms with Crippen molar-refractivity contribution in [2.24, 2.45) is 0 Å². The maximum Gasteiger partial charge on any atom is 0.323 e. The molecule has 3 aromatic rings. The van der Waals surface area contributed by atoms with E-state index < -0.39 is 11.5 Å². The normalized spacial score (nSPS) is 10.6. The lowest BCUT2D eigenvalue weighted by atomic mass is 10.1. The van der Waals surface area contributed by atoms with E-state index in [1.165, 1.54) is 0 Å². The van der Waals surface area contributed by atoms with Gasteiger partial charge in [-0.05, 0) is 37.6 Å². The highest BCUT2D eigenvalue weighted by Gasteiger charge is 2.14. The fourth-order valence-electron chi connectivity index (χ4n) is 2.46. The number of hydrogen-bond donors (Lipinski definition) is 3. The Bertz CT molecular complexity index is 1150. The number of hydrogen-bond acceptors (Lipinski definition) is 5. The van der Waals surface area contributed by atoms with Crippen molar-refractivity contribution in [3.05, 3.63) is 55.9 Å². The second-order valence-corrected chi connectivity index (χ2v) is 5.55. The Hall–Kier alpha value is -3.67. The monoisotopic (exact) mass is 338 g/mol. The minimum atomic E-state index is -0.605. The number of carbonyl (C=O) groups excluding carboxylic acids is 1. The number of anilines is 1. The van der Waals surface area contributed by atoms with Crippen molar-refractivity contribution in [3.63, 3.8) is 0 Å². The molecule has 2 heterocycles. The zero-order valence-corrected chi connectivity index (χ0v) is 13.5. The molecule has 0 atom stereocenters. The van der Waals surface area contributed by atoms with E-state index in [0.29, 0.717) is 28.0 Å². The van der Waals surface area contributed by atoms with Crippen molar-refractivity contribution in [1.29, 1.82) is 5.26 Å². The molecule has 0 spiro atoms. The van der Waals surface area contributed by atoms with Gasteiger partial charge in [-0.15, -0.1) is 0 Å². The molecule has 0 aliphatic carbocycles. The third-order valence-electron chi connectivity index (χ3n) is 3.84. The summed E-state index contributed by atoms with van der Waals surface area (Å²) in [5.41, 5.74) is 1.68. The Balaban J connectivity index is 1.85. The summed E-state index contributed by atoms with van der Waals surface area (Å²) in [7, 11) is 0. The summed E-state index contributed by atoms with van der Waals surface area (Å²) in [4.78, 5) is 40.8. The van der Waals surface area contributed by atoms with Gasteiger partial charge in [0.25, 0.3) is 5.56 Å². The molecule has 1 aromatic carbocycles. The summed E-state index contributed by atoms with van der Waals surface area (Å²) in [6.45, 7) is 2.98. The molecule has 9 nitrogen and oxygen atoms in total. The van der Waals surface area contributed by atoms with E-state index in [1.54, 1.807) is 32.0 Å². The Morgan fingerprint density at radius 1 is 1.28 bits per heavy atom. The van der Waals surface area contributed by atoms with E-state index >= 15 is 0 Å². The van der Waals surface area contributed by atoms with E-state index in [2.05, 4.69) is 20.4 Å². The fraction of sp³-hybridized carbons (Fsp3) is 0.188. The molecule has 3 N–H and O–H groups in total. The number of nitrogens with one attached hydrogen (secondary N) is 3. The van der Waals surface area contributed by atoms with Crippen LogP contribution in [0.3, 0.4) is 0 Å². The number of benzene rings is 1. The summed E-state index contributed by atoms with van der Waals surface area (Å²) in [6, 6.07) is 6.72. The first-order valence-electron chi connectivity index (χ1n) is 7.39. The summed E-state index contributed by atoms with van der Waals surface area (Å²) in [5, 5.41) is 15.8. The average Bonchev–Trinajstić information content (AvgIpc) is 2.92. The molecule has 0 saturated carbocycles. The van der Waals surface area contributed by atoms with Crippen LogP contribution in [0.25, 0.3) is 11.0 Å². The van der Waals surface area contributed by atoms with Crippen LogP contribution in [0.4, 0.5) is 5.69 Å². The molecule has 0 fully saturated rings. The van der Waals surface area contributed by atoms with Crippen molar-refractivity contribution in [1.82, 2.24) is 19.7 Å². The molecular weight excluding hydrogens is 324 g/mol. The number of H-pyrrole nitrogens is 2. The first-order valence-corrected chi connectivity index (χ1v) is 7.39. The van der Waals surface area contributed by atoms with Gasteiger partial charge in [0.05, 0.1) is 16.7 Å². The van der Waals surface area contributed by atoms with Crippen LogP contribution in [0, 0.1) is 25.2 Å². The number of aromatic amines is 2. The lowest BCUT2D eigenvalue weighted by Crippen LogP contribution is -2.32. The highest BCUT2D eigenvalue weighted by molar-refractivity contribution is 5.92. The fourth-order valence-corrected chi connectivity index (χ4v) is 2.46. The lowest BCUT2D eigenvalue weighted by Gasteiger charge is -2.09. The minimum Gasteiger partial charge on any atom is -0.324 e. The highest BCUT2D eigenvalue weighted by atomic mass is 16.2. The van der Waals surface area contributed by atoms with Gasteiger partial charge in [0.2, 0.25) is 5.91 Å². The summed E-state index contributed by atoms with van der Waals surface area (Å²) in [6.07, 6.45) is 0. The molecule has 0 bridgehead atoms. The molecule has 25 heavy (non-hydrogen) atoms. The van der Waals surface area contributed by atoms with Gasteiger partial charge in [-0.2, -0.15) is 10.4 Å². The van der Waals surface area contributed by atoms with Crippen LogP contribution in [0.15, 0.2) is 27.8 Å². The van der Waals surface area contributed by atoms with Crippen molar-refractivity contribution >= 4 is 22.6 Å². The maximum atomic E-state index is 12.2. The van der Waals surface area contributed by atoms with Crippen LogP contribution in [-0.2, 0) is 11.3 Å². The van der Waals surface area contributed by atoms with Gasteiger partial charge in [-0.25, -0.2) is 9.48 Å². The Labute approximate surface area is 140 Å². The number of rotatable bonds is 3. The Morgan fingerprint density at radius 2 is 2.00 bits per heavy atom. The van der Waals surface area contributed by atoms with Crippen LogP contribution >= 0.6 is 0 Å². The van der Waals surface area contributed by atoms with E-state index in [1.807, 2.05) is 6.07 Å². The number of nitriles is 1. The number of nitrogens with zero attached hydrogens (tertiary/aromatic N) is 3. The van der Waals surface area contributed by atoms with E-state index in [4.69, 9.17) is 5.26 Å². The van der Waals surface area contributed by atoms with E-state index in [-0.39, 0.29) is 17.8 Å². The van der Waals surface area contributed by atoms with Gasteiger partial charge in [0.1, 0.15) is 18.2 Å². The first kappa shape index (κ1) is 16.2. The molecule has 0 radical (unpaired) electrons. The standard InChI is InChI=1S/C16H14N6O3/c1-8-9(2)21-22(15(24)11(8)6-17)7-14(23)18-10-3-4-12-13(5-10)20-16(25)19-12/h3-5H,7H2,1-2H3,(H,18,23)(H2,19,20,25). The number of fused-ring (bicyclic) bond motifs is 1. The molecule has 126 valence electrons. The molecule has 2 aromatic heterocycles. The summed E-state index contributed by atoms with van der Waals surface area (Å²) in [5.74, 6) is -0.473. The first-order chi connectivity index (χ1) is 11.9. The minimum absolute atomic E-state index is 0.0217.